The van der Waals surface area contributed by atoms with Crippen LogP contribution < -0.4 is 0 Å². The number of hydrogen-bond donors (Lipinski definition) is 4. The molecule has 4 heterocycles. The van der Waals surface area contributed by atoms with Gasteiger partial charge in [-0.05, 0) is 136 Å². The van der Waals surface area contributed by atoms with E-state index in [1.54, 1.807) is 62.3 Å². The monoisotopic (exact) mass is 1610 g/mol. The molecule has 0 aromatic heterocycles. The number of rotatable bonds is 24. The zero-order valence-corrected chi connectivity index (χ0v) is 68.4. The van der Waals surface area contributed by atoms with Crippen molar-refractivity contribution >= 4 is 177 Å². The van der Waals surface area contributed by atoms with Crippen molar-refractivity contribution in [1.82, 2.24) is 0 Å². The zero-order valence-electron chi connectivity index (χ0n) is 54.5. The average molecular weight is 1610 g/mol. The summed E-state index contributed by atoms with van der Waals surface area (Å²) in [5.41, 5.74) is 0. The van der Waals surface area contributed by atoms with Gasteiger partial charge in [-0.15, -0.1) is 0 Å². The first-order valence-electron chi connectivity index (χ1n) is 26.3. The Balaban J connectivity index is -0.000000233. The molecule has 468 valence electrons. The first-order chi connectivity index (χ1) is 35.3. The van der Waals surface area contributed by atoms with Crippen LogP contribution in [-0.4, -0.2) is 348 Å². The standard InChI is InChI=1S/C13H27O6P.3C12H24O6P.3Ba.3H/c1-8(2)17-11-7-16-10(5)13(12(11)14)19-20(6,15)18-9(3)4;3*1-8(2)16-10-6-15-7-11(12(10)13)18-19(5,14)17-9(3)4;;;;;;/h8-14H,7H2,1-6H3;3*7-13H,6H2,1-5H3;;;;;;/q;3*-1;3*+2;3*-1. The van der Waals surface area contributed by atoms with Gasteiger partial charge in [-0.3, -0.25) is 22.8 Å². The van der Waals surface area contributed by atoms with E-state index in [1.807, 2.05) is 55.4 Å². The maximum atomic E-state index is 12.3. The maximum Gasteiger partial charge on any atom is 2.00 e. The predicted molar refractivity (Wildman–Crippen MR) is 309 cm³/mol. The molecule has 0 bridgehead atoms. The van der Waals surface area contributed by atoms with Gasteiger partial charge < -0.3 is 94.3 Å². The topological polar surface area (TPSA) is 297 Å². The van der Waals surface area contributed by atoms with Gasteiger partial charge in [0.05, 0.1) is 79.9 Å². The summed E-state index contributed by atoms with van der Waals surface area (Å²) in [4.78, 5) is 0. The Hall–Kier alpha value is 4.83. The van der Waals surface area contributed by atoms with Crippen LogP contribution in [0.4, 0.5) is 0 Å². The minimum absolute atomic E-state index is 0. The van der Waals surface area contributed by atoms with E-state index >= 15 is 0 Å². The van der Waals surface area contributed by atoms with Crippen LogP contribution in [0.3, 0.4) is 0 Å². The molecule has 31 heteroatoms. The van der Waals surface area contributed by atoms with Crippen molar-refractivity contribution in [3.05, 3.63) is 19.8 Å². The molecule has 24 nitrogen and oxygen atoms in total. The molecule has 0 saturated carbocycles. The number of aliphatic hydroxyl groups excluding tert-OH is 4. The van der Waals surface area contributed by atoms with Crippen molar-refractivity contribution in [3.8, 4) is 0 Å². The van der Waals surface area contributed by atoms with Crippen molar-refractivity contribution in [2.24, 2.45) is 0 Å². The third-order valence-corrected chi connectivity index (χ3v) is 15.7. The van der Waals surface area contributed by atoms with Crippen molar-refractivity contribution in [2.75, 3.05) is 53.1 Å². The van der Waals surface area contributed by atoms with E-state index in [0.717, 1.165) is 0 Å². The van der Waals surface area contributed by atoms with Gasteiger partial charge in [0, 0.05) is 46.5 Å². The van der Waals surface area contributed by atoms with Crippen LogP contribution in [0, 0.1) is 19.8 Å². The molecule has 4 saturated heterocycles. The Bertz CT molecular complexity index is 1700. The summed E-state index contributed by atoms with van der Waals surface area (Å²) in [6.07, 6.45) is -10.3. The summed E-state index contributed by atoms with van der Waals surface area (Å²) >= 11 is 0. The molecule has 0 spiro atoms. The number of ether oxygens (including phenoxy) is 8. The molecule has 0 aromatic rings. The predicted octanol–water partition coefficient (Wildman–Crippen LogP) is 7.29. The third-order valence-electron chi connectivity index (χ3n) is 9.98. The van der Waals surface area contributed by atoms with Gasteiger partial charge in [-0.25, -0.2) is 0 Å². The summed E-state index contributed by atoms with van der Waals surface area (Å²) in [7, 11) is -13.0. The Labute approximate surface area is 604 Å². The molecule has 17 unspecified atom stereocenters. The summed E-state index contributed by atoms with van der Waals surface area (Å²) in [5, 5.41) is 40.8. The molecule has 4 aliphatic rings. The van der Waals surface area contributed by atoms with E-state index in [0.29, 0.717) is 6.61 Å². The second-order valence-electron chi connectivity index (χ2n) is 21.3. The fraction of sp³-hybridized carbons (Fsp3) is 0.939. The van der Waals surface area contributed by atoms with Crippen LogP contribution in [0.5, 0.6) is 0 Å². The van der Waals surface area contributed by atoms with Gasteiger partial charge in [0.2, 0.25) is 0 Å². The van der Waals surface area contributed by atoms with E-state index < -0.39 is 104 Å². The summed E-state index contributed by atoms with van der Waals surface area (Å²) in [6.45, 7) is 41.5. The SMILES string of the molecule is CC(C)OC1COC(C)C(OP(C)(=O)OC(C)C)C1O.CC(C)OC1CO[CH-]C(OP(C)(=O)OC(C)C)C1O.CC(C)OC1CO[CH-]C(OP(C)(=O)OC(C)C)C1O.CC(C)OC1CO[CH-]C(OP(C)(=O)OC(C)C)C1O.[Ba+2].[Ba+2].[Ba+2].[H-].[H-].[H-]. The van der Waals surface area contributed by atoms with Gasteiger partial charge in [-0.1, -0.05) is 0 Å². The number of hydrogen-bond acceptors (Lipinski definition) is 24. The van der Waals surface area contributed by atoms with Crippen LogP contribution in [0.2, 0.25) is 0 Å². The Morgan fingerprint density at radius 2 is 0.613 bits per heavy atom. The zero-order chi connectivity index (χ0) is 59.4. The molecular weight excluding hydrogens is 1510 g/mol. The molecule has 80 heavy (non-hydrogen) atoms. The molecule has 17 atom stereocenters. The van der Waals surface area contributed by atoms with Crippen molar-refractivity contribution in [3.63, 3.8) is 0 Å². The molecule has 4 rings (SSSR count). The van der Waals surface area contributed by atoms with Crippen molar-refractivity contribution in [2.45, 2.75) is 246 Å². The minimum Gasteiger partial charge on any atom is -1.00 e. The first kappa shape index (κ1) is 89.0. The molecule has 0 amide bonds. The minimum atomic E-state index is -3.25. The summed E-state index contributed by atoms with van der Waals surface area (Å²) < 4.78 is 134. The second-order valence-corrected chi connectivity index (χ2v) is 29.1. The average Bonchev–Trinajstić information content (AvgIpc) is 3.23. The maximum absolute atomic E-state index is 12.3. The van der Waals surface area contributed by atoms with Gasteiger partial charge in [0.1, 0.15) is 36.6 Å². The van der Waals surface area contributed by atoms with E-state index in [2.05, 4.69) is 0 Å². The molecule has 0 aliphatic carbocycles. The smallest absolute Gasteiger partial charge is 1.00 e. The van der Waals surface area contributed by atoms with E-state index in [-0.39, 0.29) is 226 Å². The van der Waals surface area contributed by atoms with E-state index in [4.69, 9.17) is 74.1 Å². The largest absolute Gasteiger partial charge is 2.00 e. The Kier molecular flexibility index (Phi) is 48.5. The summed E-state index contributed by atoms with van der Waals surface area (Å²) in [5.74, 6) is 0. The van der Waals surface area contributed by atoms with Gasteiger partial charge >= 0.3 is 177 Å². The Morgan fingerprint density at radius 1 is 0.388 bits per heavy atom. The van der Waals surface area contributed by atoms with Crippen molar-refractivity contribution in [1.29, 1.82) is 0 Å². The van der Waals surface area contributed by atoms with Gasteiger partial charge in [0.15, 0.2) is 0 Å². The van der Waals surface area contributed by atoms with Crippen LogP contribution in [0.1, 0.15) is 122 Å². The molecular formula is C49H102Ba3O24P4. The molecule has 0 aromatic carbocycles. The van der Waals surface area contributed by atoms with E-state index in [9.17, 15) is 38.7 Å². The summed E-state index contributed by atoms with van der Waals surface area (Å²) in [6, 6.07) is 0. The second kappa shape index (κ2) is 43.6. The quantitative estimate of drug-likeness (QED) is 0.0419. The molecule has 4 fully saturated rings. The molecule has 4 N–H and O–H groups in total. The molecule has 0 radical (unpaired) electrons. The van der Waals surface area contributed by atoms with E-state index in [1.165, 1.54) is 46.5 Å². The van der Waals surface area contributed by atoms with Crippen LogP contribution in [-0.2, 0) is 92.3 Å². The normalized spacial score (nSPS) is 31.2. The first-order valence-corrected chi connectivity index (χ1v) is 34.3. The van der Waals surface area contributed by atoms with Crippen LogP contribution in [0.15, 0.2) is 0 Å². The number of aliphatic hydroxyl groups is 4. The third kappa shape index (κ3) is 38.6. The Morgan fingerprint density at radius 3 is 0.838 bits per heavy atom. The van der Waals surface area contributed by atoms with Gasteiger partial charge in [0.25, 0.3) is 0 Å². The fourth-order valence-corrected chi connectivity index (χ4v) is 13.5. The molecule has 4 aliphatic heterocycles. The van der Waals surface area contributed by atoms with Crippen LogP contribution in [0.25, 0.3) is 0 Å². The van der Waals surface area contributed by atoms with Gasteiger partial charge in [-0.2, -0.15) is 19.8 Å². The van der Waals surface area contributed by atoms with Crippen LogP contribution >= 0.6 is 30.4 Å². The van der Waals surface area contributed by atoms with Crippen molar-refractivity contribution < 1.29 is 117 Å². The fourth-order valence-electron chi connectivity index (χ4n) is 7.64.